The highest BCUT2D eigenvalue weighted by atomic mass is 19.1. The minimum absolute atomic E-state index is 0.0800. The minimum atomic E-state index is -1.13. The standard InChI is InChI=1S/C23H26F2N2O5/c1-13(2)7-20(23(31)32)26-12-19(22(29)30)15-3-5-16(6-4-15)21(28)27-11-14-8-17(24)10-18(25)9-14/h3-6,8-10,13,19-20,26H,7,11-12H2,1-2H3,(H,27,28)(H,29,30)(H,31,32). The van der Waals surface area contributed by atoms with Gasteiger partial charge in [0.05, 0.1) is 5.92 Å². The number of amides is 1. The van der Waals surface area contributed by atoms with Crippen LogP contribution in [0.4, 0.5) is 8.78 Å². The van der Waals surface area contributed by atoms with E-state index in [9.17, 15) is 33.4 Å². The Morgan fingerprint density at radius 2 is 1.53 bits per heavy atom. The van der Waals surface area contributed by atoms with Gasteiger partial charge in [-0.1, -0.05) is 26.0 Å². The Hall–Kier alpha value is -3.33. The lowest BCUT2D eigenvalue weighted by Gasteiger charge is -2.20. The topological polar surface area (TPSA) is 116 Å². The maximum Gasteiger partial charge on any atom is 0.320 e. The molecule has 0 saturated heterocycles. The summed E-state index contributed by atoms with van der Waals surface area (Å²) in [5.41, 5.74) is 0.909. The van der Waals surface area contributed by atoms with Gasteiger partial charge in [0.15, 0.2) is 0 Å². The van der Waals surface area contributed by atoms with Gasteiger partial charge < -0.3 is 20.8 Å². The van der Waals surface area contributed by atoms with Crippen molar-refractivity contribution >= 4 is 17.8 Å². The van der Waals surface area contributed by atoms with Gasteiger partial charge in [-0.25, -0.2) is 8.78 Å². The minimum Gasteiger partial charge on any atom is -0.481 e. The molecule has 2 aromatic rings. The fourth-order valence-corrected chi connectivity index (χ4v) is 3.21. The number of nitrogens with one attached hydrogen (secondary N) is 2. The van der Waals surface area contributed by atoms with Crippen LogP contribution in [-0.2, 0) is 16.1 Å². The van der Waals surface area contributed by atoms with Crippen LogP contribution < -0.4 is 10.6 Å². The van der Waals surface area contributed by atoms with Crippen molar-refractivity contribution < 1.29 is 33.4 Å². The van der Waals surface area contributed by atoms with Gasteiger partial charge in [0, 0.05) is 24.7 Å². The molecule has 4 N–H and O–H groups in total. The fourth-order valence-electron chi connectivity index (χ4n) is 3.21. The molecule has 0 spiro atoms. The Kier molecular flexibility index (Phi) is 8.83. The van der Waals surface area contributed by atoms with Crippen molar-refractivity contribution in [2.45, 2.75) is 38.8 Å². The molecule has 2 aromatic carbocycles. The zero-order valence-corrected chi connectivity index (χ0v) is 17.8. The first-order chi connectivity index (χ1) is 15.1. The van der Waals surface area contributed by atoms with Crippen LogP contribution in [0.1, 0.15) is 47.7 Å². The molecular weight excluding hydrogens is 422 g/mol. The highest BCUT2D eigenvalue weighted by Gasteiger charge is 2.24. The lowest BCUT2D eigenvalue weighted by Crippen LogP contribution is -2.41. The Morgan fingerprint density at radius 1 is 0.938 bits per heavy atom. The third kappa shape index (κ3) is 7.42. The van der Waals surface area contributed by atoms with Gasteiger partial charge in [0.25, 0.3) is 5.91 Å². The first-order valence-electron chi connectivity index (χ1n) is 10.1. The monoisotopic (exact) mass is 448 g/mol. The van der Waals surface area contributed by atoms with E-state index in [-0.39, 0.29) is 30.1 Å². The molecule has 0 aliphatic carbocycles. The molecule has 2 atom stereocenters. The maximum absolute atomic E-state index is 13.2. The summed E-state index contributed by atoms with van der Waals surface area (Å²) in [5, 5.41) is 24.2. The first-order valence-corrected chi connectivity index (χ1v) is 10.1. The number of carboxylic acid groups (broad SMARTS) is 2. The normalized spacial score (nSPS) is 12.9. The Bertz CT molecular complexity index is 943. The zero-order chi connectivity index (χ0) is 23.8. The van der Waals surface area contributed by atoms with Crippen molar-refractivity contribution in [3.05, 3.63) is 70.8 Å². The lowest BCUT2D eigenvalue weighted by molar-refractivity contribution is -0.142. The third-order valence-electron chi connectivity index (χ3n) is 4.82. The van der Waals surface area contributed by atoms with Gasteiger partial charge in [0.1, 0.15) is 17.7 Å². The average molecular weight is 448 g/mol. The molecule has 0 fully saturated rings. The lowest BCUT2D eigenvalue weighted by atomic mass is 9.96. The predicted molar refractivity (Wildman–Crippen MR) is 113 cm³/mol. The zero-order valence-electron chi connectivity index (χ0n) is 17.8. The Morgan fingerprint density at radius 3 is 2.03 bits per heavy atom. The summed E-state index contributed by atoms with van der Waals surface area (Å²) in [5.74, 6) is -5.04. The molecule has 2 rings (SSSR count). The van der Waals surface area contributed by atoms with E-state index in [2.05, 4.69) is 10.6 Å². The second-order valence-corrected chi connectivity index (χ2v) is 7.90. The van der Waals surface area contributed by atoms with Crippen molar-refractivity contribution in [3.8, 4) is 0 Å². The third-order valence-corrected chi connectivity index (χ3v) is 4.82. The van der Waals surface area contributed by atoms with Crippen LogP contribution in [0.15, 0.2) is 42.5 Å². The van der Waals surface area contributed by atoms with E-state index in [1.807, 2.05) is 13.8 Å². The summed E-state index contributed by atoms with van der Waals surface area (Å²) in [7, 11) is 0. The van der Waals surface area contributed by atoms with Crippen molar-refractivity contribution in [1.29, 1.82) is 0 Å². The van der Waals surface area contributed by atoms with Crippen molar-refractivity contribution in [2.75, 3.05) is 6.54 Å². The van der Waals surface area contributed by atoms with Gasteiger partial charge in [-0.15, -0.1) is 0 Å². The summed E-state index contributed by atoms with van der Waals surface area (Å²) < 4.78 is 26.5. The Balaban J connectivity index is 2.03. The smallest absolute Gasteiger partial charge is 0.320 e. The fraction of sp³-hybridized carbons (Fsp3) is 0.348. The largest absolute Gasteiger partial charge is 0.481 e. The molecule has 1 amide bonds. The molecule has 2 unspecified atom stereocenters. The second kappa shape index (κ2) is 11.3. The average Bonchev–Trinajstić information content (AvgIpc) is 2.70. The van der Waals surface area contributed by atoms with Crippen LogP contribution in [0.25, 0.3) is 0 Å². The van der Waals surface area contributed by atoms with E-state index in [4.69, 9.17) is 0 Å². The molecule has 0 bridgehead atoms. The molecular formula is C23H26F2N2O5. The van der Waals surface area contributed by atoms with E-state index < -0.39 is 41.4 Å². The number of halogens is 2. The molecule has 172 valence electrons. The molecule has 7 nitrogen and oxygen atoms in total. The summed E-state index contributed by atoms with van der Waals surface area (Å²) in [6.45, 7) is 3.58. The van der Waals surface area contributed by atoms with Gasteiger partial charge in [-0.2, -0.15) is 0 Å². The number of carbonyl (C=O) groups excluding carboxylic acids is 1. The van der Waals surface area contributed by atoms with Crippen molar-refractivity contribution in [2.24, 2.45) is 5.92 Å². The predicted octanol–water partition coefficient (Wildman–Crippen LogP) is 3.15. The maximum atomic E-state index is 13.2. The van der Waals surface area contributed by atoms with Crippen LogP contribution in [0, 0.1) is 17.6 Å². The second-order valence-electron chi connectivity index (χ2n) is 7.90. The van der Waals surface area contributed by atoms with Gasteiger partial charge in [-0.05, 0) is 47.7 Å². The van der Waals surface area contributed by atoms with E-state index in [0.29, 0.717) is 12.0 Å². The molecule has 0 heterocycles. The highest BCUT2D eigenvalue weighted by Crippen LogP contribution is 2.18. The molecule has 0 aliphatic heterocycles. The quantitative estimate of drug-likeness (QED) is 0.420. The molecule has 0 radical (unpaired) electrons. The van der Waals surface area contributed by atoms with E-state index in [1.165, 1.54) is 24.3 Å². The van der Waals surface area contributed by atoms with Crippen LogP contribution in [-0.4, -0.2) is 40.6 Å². The van der Waals surface area contributed by atoms with Gasteiger partial charge in [0.2, 0.25) is 0 Å². The molecule has 0 saturated carbocycles. The number of hydrogen-bond acceptors (Lipinski definition) is 4. The van der Waals surface area contributed by atoms with E-state index in [0.717, 1.165) is 18.2 Å². The van der Waals surface area contributed by atoms with Crippen molar-refractivity contribution in [3.63, 3.8) is 0 Å². The molecule has 9 heteroatoms. The van der Waals surface area contributed by atoms with Crippen LogP contribution in [0.5, 0.6) is 0 Å². The summed E-state index contributed by atoms with van der Waals surface area (Å²) in [6, 6.07) is 7.94. The molecule has 0 aromatic heterocycles. The summed E-state index contributed by atoms with van der Waals surface area (Å²) in [4.78, 5) is 35.4. The van der Waals surface area contributed by atoms with E-state index in [1.54, 1.807) is 0 Å². The molecule has 32 heavy (non-hydrogen) atoms. The number of rotatable bonds is 11. The SMILES string of the molecule is CC(C)CC(NCC(C(=O)O)c1ccc(C(=O)NCc2cc(F)cc(F)c2)cc1)C(=O)O. The van der Waals surface area contributed by atoms with Crippen molar-refractivity contribution in [1.82, 2.24) is 10.6 Å². The first kappa shape index (κ1) is 24.9. The molecule has 0 aliphatic rings. The van der Waals surface area contributed by atoms with Crippen LogP contribution >= 0.6 is 0 Å². The summed E-state index contributed by atoms with van der Waals surface area (Å²) >= 11 is 0. The van der Waals surface area contributed by atoms with Gasteiger partial charge in [-0.3, -0.25) is 14.4 Å². The van der Waals surface area contributed by atoms with E-state index >= 15 is 0 Å². The number of carbonyl (C=O) groups is 3. The summed E-state index contributed by atoms with van der Waals surface area (Å²) in [6.07, 6.45) is 0.357. The van der Waals surface area contributed by atoms with Gasteiger partial charge >= 0.3 is 11.9 Å². The number of hydrogen-bond donors (Lipinski definition) is 4. The number of aliphatic carboxylic acids is 2. The van der Waals surface area contributed by atoms with Crippen LogP contribution in [0.2, 0.25) is 0 Å². The number of benzene rings is 2. The van der Waals surface area contributed by atoms with Crippen LogP contribution in [0.3, 0.4) is 0 Å². The highest BCUT2D eigenvalue weighted by molar-refractivity contribution is 5.94. The number of carboxylic acids is 2. The Labute approximate surface area is 184 Å².